The van der Waals surface area contributed by atoms with Crippen molar-refractivity contribution in [2.75, 3.05) is 31.6 Å². The largest absolute Gasteiger partial charge is 0.378 e. The van der Waals surface area contributed by atoms with Gasteiger partial charge < -0.3 is 15.0 Å². The number of morpholine rings is 1. The summed E-state index contributed by atoms with van der Waals surface area (Å²) in [5.74, 6) is -2.89. The highest BCUT2D eigenvalue weighted by molar-refractivity contribution is 6.03. The van der Waals surface area contributed by atoms with Crippen LogP contribution in [0.25, 0.3) is 0 Å². The highest BCUT2D eigenvalue weighted by Crippen LogP contribution is 2.18. The molecular weight excluding hydrogens is 270 g/mol. The lowest BCUT2D eigenvalue weighted by atomic mass is 10.2. The lowest BCUT2D eigenvalue weighted by Crippen LogP contribution is -2.42. The molecule has 0 radical (unpaired) electrons. The number of hydrogen-bond acceptors (Lipinski definition) is 3. The molecular formula is C13H14F2N2O3. The summed E-state index contributed by atoms with van der Waals surface area (Å²) in [5, 5.41) is 2.08. The van der Waals surface area contributed by atoms with Gasteiger partial charge >= 0.3 is 0 Å². The average molecular weight is 284 g/mol. The Balaban J connectivity index is 1.93. The van der Waals surface area contributed by atoms with Gasteiger partial charge in [0, 0.05) is 13.1 Å². The molecule has 1 fully saturated rings. The summed E-state index contributed by atoms with van der Waals surface area (Å²) in [7, 11) is 0. The number of carbonyl (C=O) groups is 2. The summed E-state index contributed by atoms with van der Waals surface area (Å²) in [6.07, 6.45) is -0.451. The molecule has 5 nitrogen and oxygen atoms in total. The first-order chi connectivity index (χ1) is 9.58. The summed E-state index contributed by atoms with van der Waals surface area (Å²) in [6.45, 7) is 1.69. The smallest absolute Gasteiger partial charge is 0.233 e. The number of nitrogens with zero attached hydrogens (tertiary/aromatic N) is 1. The monoisotopic (exact) mass is 284 g/mol. The van der Waals surface area contributed by atoms with Crippen LogP contribution in [0.5, 0.6) is 0 Å². The SMILES string of the molecule is O=C(CC(=O)N1CCOCC1)Nc1c(F)cccc1F. The molecule has 20 heavy (non-hydrogen) atoms. The number of carbonyl (C=O) groups excluding carboxylic acids is 2. The van der Waals surface area contributed by atoms with Crippen molar-refractivity contribution in [3.63, 3.8) is 0 Å². The van der Waals surface area contributed by atoms with Crippen LogP contribution >= 0.6 is 0 Å². The quantitative estimate of drug-likeness (QED) is 0.847. The summed E-state index contributed by atoms with van der Waals surface area (Å²) in [4.78, 5) is 24.9. The maximum atomic E-state index is 13.3. The van der Waals surface area contributed by atoms with E-state index in [1.165, 1.54) is 11.0 Å². The third-order valence-electron chi connectivity index (χ3n) is 2.90. The van der Waals surface area contributed by atoms with E-state index in [-0.39, 0.29) is 5.91 Å². The normalized spacial score (nSPS) is 15.0. The van der Waals surface area contributed by atoms with E-state index in [4.69, 9.17) is 4.74 Å². The number of rotatable bonds is 3. The van der Waals surface area contributed by atoms with Crippen molar-refractivity contribution >= 4 is 17.5 Å². The number of para-hydroxylation sites is 1. The summed E-state index contributed by atoms with van der Waals surface area (Å²) in [6, 6.07) is 3.25. The molecule has 1 aromatic rings. The van der Waals surface area contributed by atoms with Crippen LogP contribution in [-0.2, 0) is 14.3 Å². The van der Waals surface area contributed by atoms with Gasteiger partial charge in [0.05, 0.1) is 13.2 Å². The van der Waals surface area contributed by atoms with E-state index in [0.29, 0.717) is 26.3 Å². The number of nitrogens with one attached hydrogen (secondary N) is 1. The molecule has 0 saturated carbocycles. The topological polar surface area (TPSA) is 58.6 Å². The number of benzene rings is 1. The van der Waals surface area contributed by atoms with Crippen LogP contribution in [-0.4, -0.2) is 43.0 Å². The fraction of sp³-hybridized carbons (Fsp3) is 0.385. The molecule has 1 aliphatic heterocycles. The molecule has 0 bridgehead atoms. The van der Waals surface area contributed by atoms with Crippen LogP contribution in [0.3, 0.4) is 0 Å². The van der Waals surface area contributed by atoms with Gasteiger partial charge in [0.2, 0.25) is 11.8 Å². The first-order valence-electron chi connectivity index (χ1n) is 6.17. The second-order valence-electron chi connectivity index (χ2n) is 4.31. The van der Waals surface area contributed by atoms with E-state index in [2.05, 4.69) is 5.32 Å². The minimum Gasteiger partial charge on any atom is -0.378 e. The first kappa shape index (κ1) is 14.4. The van der Waals surface area contributed by atoms with Gasteiger partial charge in [0.25, 0.3) is 0 Å². The third kappa shape index (κ3) is 3.51. The number of amides is 2. The lowest BCUT2D eigenvalue weighted by Gasteiger charge is -2.26. The first-order valence-corrected chi connectivity index (χ1v) is 6.17. The van der Waals surface area contributed by atoms with Crippen LogP contribution < -0.4 is 5.32 Å². The molecule has 1 aromatic carbocycles. The minimum atomic E-state index is -0.878. The van der Waals surface area contributed by atoms with Crippen molar-refractivity contribution in [1.29, 1.82) is 0 Å². The molecule has 1 aliphatic rings. The second kappa shape index (κ2) is 6.42. The zero-order chi connectivity index (χ0) is 14.5. The zero-order valence-corrected chi connectivity index (χ0v) is 10.7. The predicted molar refractivity (Wildman–Crippen MR) is 67.0 cm³/mol. The molecule has 0 aliphatic carbocycles. The minimum absolute atomic E-state index is 0.387. The van der Waals surface area contributed by atoms with E-state index in [0.717, 1.165) is 12.1 Å². The van der Waals surface area contributed by atoms with Crippen molar-refractivity contribution in [2.45, 2.75) is 6.42 Å². The van der Waals surface area contributed by atoms with E-state index >= 15 is 0 Å². The van der Waals surface area contributed by atoms with Crippen molar-refractivity contribution < 1.29 is 23.1 Å². The molecule has 0 spiro atoms. The van der Waals surface area contributed by atoms with Gasteiger partial charge in [-0.15, -0.1) is 0 Å². The highest BCUT2D eigenvalue weighted by Gasteiger charge is 2.20. The Hall–Kier alpha value is -2.02. The number of anilines is 1. The van der Waals surface area contributed by atoms with Crippen LogP contribution in [0.15, 0.2) is 18.2 Å². The molecule has 1 heterocycles. The molecule has 1 N–H and O–H groups in total. The maximum Gasteiger partial charge on any atom is 0.233 e. The fourth-order valence-corrected chi connectivity index (χ4v) is 1.86. The average Bonchev–Trinajstić information content (AvgIpc) is 2.44. The van der Waals surface area contributed by atoms with Crippen LogP contribution in [0.1, 0.15) is 6.42 Å². The number of hydrogen-bond donors (Lipinski definition) is 1. The Labute approximate surface area is 114 Å². The highest BCUT2D eigenvalue weighted by atomic mass is 19.1. The molecule has 0 atom stereocenters. The molecule has 1 saturated heterocycles. The fourth-order valence-electron chi connectivity index (χ4n) is 1.86. The van der Waals surface area contributed by atoms with Crippen LogP contribution in [0.2, 0.25) is 0 Å². The summed E-state index contributed by atoms with van der Waals surface area (Å²) < 4.78 is 31.8. The van der Waals surface area contributed by atoms with Gasteiger partial charge in [0.1, 0.15) is 23.7 Å². The Kier molecular flexibility index (Phi) is 4.62. The maximum absolute atomic E-state index is 13.3. The van der Waals surface area contributed by atoms with Crippen molar-refractivity contribution in [2.24, 2.45) is 0 Å². The number of ether oxygens (including phenoxy) is 1. The van der Waals surface area contributed by atoms with E-state index in [1.807, 2.05) is 0 Å². The predicted octanol–water partition coefficient (Wildman–Crippen LogP) is 1.15. The van der Waals surface area contributed by atoms with Gasteiger partial charge in [-0.25, -0.2) is 8.78 Å². The van der Waals surface area contributed by atoms with Gasteiger partial charge in [-0.05, 0) is 12.1 Å². The molecule has 2 rings (SSSR count). The van der Waals surface area contributed by atoms with Crippen LogP contribution in [0.4, 0.5) is 14.5 Å². The molecule has 0 aromatic heterocycles. The standard InChI is InChI=1S/C13H14F2N2O3/c14-9-2-1-3-10(15)13(9)16-11(18)8-12(19)17-4-6-20-7-5-17/h1-3H,4-8H2,(H,16,18). The molecule has 7 heteroatoms. The Morgan fingerprint density at radius 3 is 2.40 bits per heavy atom. The van der Waals surface area contributed by atoms with Crippen molar-refractivity contribution in [1.82, 2.24) is 4.90 Å². The van der Waals surface area contributed by atoms with E-state index < -0.39 is 29.6 Å². The second-order valence-corrected chi connectivity index (χ2v) is 4.31. The molecule has 108 valence electrons. The Morgan fingerprint density at radius 1 is 1.20 bits per heavy atom. The molecule has 2 amide bonds. The van der Waals surface area contributed by atoms with Crippen molar-refractivity contribution in [3.8, 4) is 0 Å². The van der Waals surface area contributed by atoms with Gasteiger partial charge in [-0.3, -0.25) is 9.59 Å². The summed E-state index contributed by atoms with van der Waals surface area (Å²) >= 11 is 0. The Morgan fingerprint density at radius 2 is 1.80 bits per heavy atom. The van der Waals surface area contributed by atoms with Gasteiger partial charge in [0.15, 0.2) is 0 Å². The van der Waals surface area contributed by atoms with E-state index in [9.17, 15) is 18.4 Å². The van der Waals surface area contributed by atoms with Gasteiger partial charge in [-0.1, -0.05) is 6.07 Å². The summed E-state index contributed by atoms with van der Waals surface area (Å²) in [5.41, 5.74) is -0.535. The van der Waals surface area contributed by atoms with Crippen molar-refractivity contribution in [3.05, 3.63) is 29.8 Å². The third-order valence-corrected chi connectivity index (χ3v) is 2.90. The zero-order valence-electron chi connectivity index (χ0n) is 10.7. The van der Waals surface area contributed by atoms with Gasteiger partial charge in [-0.2, -0.15) is 0 Å². The van der Waals surface area contributed by atoms with E-state index in [1.54, 1.807) is 0 Å². The number of halogens is 2. The van der Waals surface area contributed by atoms with Crippen LogP contribution in [0, 0.1) is 11.6 Å². The lowest BCUT2D eigenvalue weighted by molar-refractivity contribution is -0.138. The Bertz CT molecular complexity index is 496. The molecule has 0 unspecified atom stereocenters.